The predicted octanol–water partition coefficient (Wildman–Crippen LogP) is 1.70. The number of rotatable bonds is 8. The van der Waals surface area contributed by atoms with Crippen LogP contribution in [-0.2, 0) is 14.3 Å². The second-order valence-corrected chi connectivity index (χ2v) is 6.49. The predicted molar refractivity (Wildman–Crippen MR) is 96.4 cm³/mol. The molecule has 1 aromatic carbocycles. The number of halogens is 2. The van der Waals surface area contributed by atoms with Crippen LogP contribution in [-0.4, -0.2) is 67.3 Å². The van der Waals surface area contributed by atoms with Crippen LogP contribution in [0.3, 0.4) is 0 Å². The van der Waals surface area contributed by atoms with Gasteiger partial charge in [-0.05, 0) is 18.2 Å². The number of carbonyl (C=O) groups is 2. The van der Waals surface area contributed by atoms with E-state index in [1.165, 1.54) is 6.07 Å². The van der Waals surface area contributed by atoms with Gasteiger partial charge in [-0.25, -0.2) is 0 Å². The molecule has 1 fully saturated rings. The summed E-state index contributed by atoms with van der Waals surface area (Å²) in [7, 11) is 0. The Morgan fingerprint density at radius 3 is 2.60 bits per heavy atom. The Kier molecular flexibility index (Phi) is 7.92. The van der Waals surface area contributed by atoms with Crippen LogP contribution in [0.2, 0.25) is 10.0 Å². The van der Waals surface area contributed by atoms with Crippen molar-refractivity contribution in [3.05, 3.63) is 28.2 Å². The fraction of sp³-hybridized carbons (Fsp3) is 0.500. The number of hydrogen-bond donors (Lipinski definition) is 3. The lowest BCUT2D eigenvalue weighted by atomic mass is 10.2. The number of anilines is 1. The molecule has 3 N–H and O–H groups in total. The molecule has 1 amide bonds. The van der Waals surface area contributed by atoms with E-state index in [1.54, 1.807) is 12.1 Å². The number of nitrogens with zero attached hydrogens (tertiary/aromatic N) is 1. The average molecular weight is 390 g/mol. The standard InChI is InChI=1S/C16H21Cl2N3O4/c17-12-2-1-11(9-13(12)18)20-15(22)10-14(16(23)24)19-3-4-21-5-7-25-8-6-21/h1-2,9,14,19H,3-8,10H2,(H,20,22)(H,23,24)/t14-/m1/s1. The molecule has 2 rings (SSSR count). The van der Waals surface area contributed by atoms with Gasteiger partial charge >= 0.3 is 5.97 Å². The van der Waals surface area contributed by atoms with E-state index in [2.05, 4.69) is 15.5 Å². The van der Waals surface area contributed by atoms with Crippen molar-refractivity contribution in [1.29, 1.82) is 0 Å². The molecule has 9 heteroatoms. The van der Waals surface area contributed by atoms with E-state index >= 15 is 0 Å². The zero-order valence-corrected chi connectivity index (χ0v) is 15.1. The molecule has 138 valence electrons. The van der Waals surface area contributed by atoms with Crippen molar-refractivity contribution >= 4 is 40.8 Å². The minimum atomic E-state index is -1.06. The lowest BCUT2D eigenvalue weighted by Crippen LogP contribution is -2.45. The maximum absolute atomic E-state index is 12.1. The Morgan fingerprint density at radius 2 is 1.96 bits per heavy atom. The average Bonchev–Trinajstić information content (AvgIpc) is 2.58. The van der Waals surface area contributed by atoms with Gasteiger partial charge < -0.3 is 20.5 Å². The number of carboxylic acids is 1. The van der Waals surface area contributed by atoms with Crippen LogP contribution >= 0.6 is 23.2 Å². The first-order valence-electron chi connectivity index (χ1n) is 7.97. The summed E-state index contributed by atoms with van der Waals surface area (Å²) in [6, 6.07) is 3.73. The van der Waals surface area contributed by atoms with Gasteiger partial charge in [-0.3, -0.25) is 14.5 Å². The monoisotopic (exact) mass is 389 g/mol. The first-order valence-corrected chi connectivity index (χ1v) is 8.72. The maximum atomic E-state index is 12.1. The number of aliphatic carboxylic acids is 1. The third-order valence-corrected chi connectivity index (χ3v) is 4.55. The summed E-state index contributed by atoms with van der Waals surface area (Å²) in [5.74, 6) is -1.48. The molecule has 0 bridgehead atoms. The van der Waals surface area contributed by atoms with Crippen LogP contribution in [0.1, 0.15) is 6.42 Å². The fourth-order valence-electron chi connectivity index (χ4n) is 2.44. The van der Waals surface area contributed by atoms with Crippen LogP contribution in [0.25, 0.3) is 0 Å². The molecule has 0 spiro atoms. The summed E-state index contributed by atoms with van der Waals surface area (Å²) in [4.78, 5) is 25.6. The van der Waals surface area contributed by atoms with Crippen molar-refractivity contribution in [3.8, 4) is 0 Å². The molecular formula is C16H21Cl2N3O4. The number of carbonyl (C=O) groups excluding carboxylic acids is 1. The van der Waals surface area contributed by atoms with Crippen molar-refractivity contribution in [2.75, 3.05) is 44.7 Å². The minimum absolute atomic E-state index is 0.182. The lowest BCUT2D eigenvalue weighted by molar-refractivity contribution is -0.141. The zero-order valence-electron chi connectivity index (χ0n) is 13.6. The highest BCUT2D eigenvalue weighted by Gasteiger charge is 2.21. The first-order chi connectivity index (χ1) is 12.0. The van der Waals surface area contributed by atoms with Crippen LogP contribution in [0.5, 0.6) is 0 Å². The van der Waals surface area contributed by atoms with Gasteiger partial charge in [-0.15, -0.1) is 0 Å². The normalized spacial score (nSPS) is 16.4. The fourth-order valence-corrected chi connectivity index (χ4v) is 2.74. The second kappa shape index (κ2) is 9.94. The molecule has 1 heterocycles. The summed E-state index contributed by atoms with van der Waals surface area (Å²) < 4.78 is 5.26. The Morgan fingerprint density at radius 1 is 1.24 bits per heavy atom. The molecule has 0 unspecified atom stereocenters. The molecule has 0 saturated carbocycles. The second-order valence-electron chi connectivity index (χ2n) is 5.68. The summed E-state index contributed by atoms with van der Waals surface area (Å²) >= 11 is 11.7. The summed E-state index contributed by atoms with van der Waals surface area (Å²) in [6.07, 6.45) is -0.182. The van der Waals surface area contributed by atoms with Crippen LogP contribution < -0.4 is 10.6 Å². The molecule has 1 aliphatic heterocycles. The van der Waals surface area contributed by atoms with E-state index in [1.807, 2.05) is 0 Å². The number of nitrogens with one attached hydrogen (secondary N) is 2. The largest absolute Gasteiger partial charge is 0.480 e. The van der Waals surface area contributed by atoms with E-state index < -0.39 is 17.9 Å². The van der Waals surface area contributed by atoms with E-state index in [0.717, 1.165) is 13.1 Å². The van der Waals surface area contributed by atoms with Gasteiger partial charge in [0, 0.05) is 31.9 Å². The Hall–Kier alpha value is -1.38. The van der Waals surface area contributed by atoms with Crippen molar-refractivity contribution in [3.63, 3.8) is 0 Å². The number of morpholine rings is 1. The quantitative estimate of drug-likeness (QED) is 0.626. The van der Waals surface area contributed by atoms with E-state index in [9.17, 15) is 14.7 Å². The molecule has 0 radical (unpaired) electrons. The topological polar surface area (TPSA) is 90.9 Å². The van der Waals surface area contributed by atoms with Crippen molar-refractivity contribution in [2.24, 2.45) is 0 Å². The maximum Gasteiger partial charge on any atom is 0.321 e. The smallest absolute Gasteiger partial charge is 0.321 e. The van der Waals surface area contributed by atoms with Crippen LogP contribution in [0.4, 0.5) is 5.69 Å². The third-order valence-electron chi connectivity index (χ3n) is 3.81. The Bertz CT molecular complexity index is 609. The highest BCUT2D eigenvalue weighted by atomic mass is 35.5. The van der Waals surface area contributed by atoms with Gasteiger partial charge in [-0.2, -0.15) is 0 Å². The Labute approximate surface area is 156 Å². The summed E-state index contributed by atoms with van der Waals surface area (Å²) in [5.41, 5.74) is 0.469. The number of hydrogen-bond acceptors (Lipinski definition) is 5. The summed E-state index contributed by atoms with van der Waals surface area (Å²) in [6.45, 7) is 4.23. The summed E-state index contributed by atoms with van der Waals surface area (Å²) in [5, 5.41) is 15.5. The molecule has 0 aromatic heterocycles. The highest BCUT2D eigenvalue weighted by molar-refractivity contribution is 6.42. The third kappa shape index (κ3) is 6.80. The zero-order chi connectivity index (χ0) is 18.2. The van der Waals surface area contributed by atoms with Gasteiger partial charge in [-0.1, -0.05) is 23.2 Å². The van der Waals surface area contributed by atoms with Gasteiger partial charge in [0.05, 0.1) is 29.7 Å². The molecule has 1 saturated heterocycles. The van der Waals surface area contributed by atoms with E-state index in [0.29, 0.717) is 42.0 Å². The molecular weight excluding hydrogens is 369 g/mol. The molecule has 1 aromatic rings. The van der Waals surface area contributed by atoms with Crippen molar-refractivity contribution in [2.45, 2.75) is 12.5 Å². The lowest BCUT2D eigenvalue weighted by Gasteiger charge is -2.27. The van der Waals surface area contributed by atoms with E-state index in [4.69, 9.17) is 27.9 Å². The number of ether oxygens (including phenoxy) is 1. The van der Waals surface area contributed by atoms with Crippen molar-refractivity contribution in [1.82, 2.24) is 10.2 Å². The van der Waals surface area contributed by atoms with E-state index in [-0.39, 0.29) is 6.42 Å². The molecule has 0 aliphatic carbocycles. The van der Waals surface area contributed by atoms with Crippen molar-refractivity contribution < 1.29 is 19.4 Å². The SMILES string of the molecule is O=C(C[C@@H](NCCN1CCOCC1)C(=O)O)Nc1ccc(Cl)c(Cl)c1. The highest BCUT2D eigenvalue weighted by Crippen LogP contribution is 2.25. The van der Waals surface area contributed by atoms with Gasteiger partial charge in [0.15, 0.2) is 0 Å². The van der Waals surface area contributed by atoms with Crippen LogP contribution in [0.15, 0.2) is 18.2 Å². The molecule has 1 aliphatic rings. The first kappa shape index (κ1) is 19.9. The molecule has 25 heavy (non-hydrogen) atoms. The molecule has 1 atom stereocenters. The number of carboxylic acid groups (broad SMARTS) is 1. The number of amides is 1. The van der Waals surface area contributed by atoms with Gasteiger partial charge in [0.2, 0.25) is 5.91 Å². The Balaban J connectivity index is 1.79. The van der Waals surface area contributed by atoms with Gasteiger partial charge in [0.1, 0.15) is 6.04 Å². The minimum Gasteiger partial charge on any atom is -0.480 e. The number of benzene rings is 1. The molecule has 7 nitrogen and oxygen atoms in total. The van der Waals surface area contributed by atoms with Gasteiger partial charge in [0.25, 0.3) is 0 Å². The van der Waals surface area contributed by atoms with Crippen LogP contribution in [0, 0.1) is 0 Å².